The van der Waals surface area contributed by atoms with E-state index in [1.807, 2.05) is 32.0 Å². The summed E-state index contributed by atoms with van der Waals surface area (Å²) in [6.45, 7) is 3.71. The van der Waals surface area contributed by atoms with Crippen molar-refractivity contribution in [2.24, 2.45) is 0 Å². The van der Waals surface area contributed by atoms with Gasteiger partial charge in [0.15, 0.2) is 11.5 Å². The van der Waals surface area contributed by atoms with Gasteiger partial charge < -0.3 is 9.47 Å². The maximum absolute atomic E-state index is 12.4. The zero-order chi connectivity index (χ0) is 19.4. The smallest absolute Gasteiger partial charge is 0.289 e. The zero-order valence-electron chi connectivity index (χ0n) is 15.4. The monoisotopic (exact) mass is 385 g/mol. The molecule has 0 aliphatic rings. The molecule has 0 radical (unpaired) electrons. The van der Waals surface area contributed by atoms with Gasteiger partial charge in [-0.3, -0.25) is 15.6 Å². The highest BCUT2D eigenvalue weighted by atomic mass is 32.1. The van der Waals surface area contributed by atoms with Gasteiger partial charge >= 0.3 is 0 Å². The summed E-state index contributed by atoms with van der Waals surface area (Å²) >= 11 is 1.34. The molecule has 0 aliphatic carbocycles. The first-order chi connectivity index (χ1) is 13.0. The number of aryl methyl sites for hydroxylation is 2. The third kappa shape index (κ3) is 4.14. The van der Waals surface area contributed by atoms with Crippen LogP contribution in [0, 0.1) is 13.8 Å². The standard InChI is InChI=1S/C18H19N5O3S/c1-10-8-11(2)20-18(19-10)23-22-16(24)13-9-27-17(21-13)12-6-5-7-14(25-3)15(12)26-4/h5-9H,1-4H3,(H,22,24)(H,19,20,23). The van der Waals surface area contributed by atoms with E-state index in [4.69, 9.17) is 9.47 Å². The Bertz CT molecular complexity index is 953. The van der Waals surface area contributed by atoms with Crippen molar-refractivity contribution in [1.82, 2.24) is 20.4 Å². The highest BCUT2D eigenvalue weighted by Crippen LogP contribution is 2.38. The van der Waals surface area contributed by atoms with Gasteiger partial charge in [0.2, 0.25) is 5.95 Å². The number of hydrogen-bond donors (Lipinski definition) is 2. The van der Waals surface area contributed by atoms with Crippen LogP contribution in [0.4, 0.5) is 5.95 Å². The van der Waals surface area contributed by atoms with Crippen molar-refractivity contribution < 1.29 is 14.3 Å². The third-order valence-electron chi connectivity index (χ3n) is 3.64. The molecule has 0 atom stereocenters. The Balaban J connectivity index is 1.76. The van der Waals surface area contributed by atoms with Crippen molar-refractivity contribution in [2.75, 3.05) is 19.6 Å². The number of nitrogens with zero attached hydrogens (tertiary/aromatic N) is 3. The number of rotatable bonds is 6. The van der Waals surface area contributed by atoms with Crippen molar-refractivity contribution in [3.63, 3.8) is 0 Å². The molecule has 3 aromatic rings. The van der Waals surface area contributed by atoms with Crippen LogP contribution in [-0.4, -0.2) is 35.1 Å². The van der Waals surface area contributed by atoms with Gasteiger partial charge in [-0.15, -0.1) is 11.3 Å². The summed E-state index contributed by atoms with van der Waals surface area (Å²) < 4.78 is 10.7. The first-order valence-electron chi connectivity index (χ1n) is 8.07. The van der Waals surface area contributed by atoms with E-state index in [1.54, 1.807) is 25.7 Å². The second kappa shape index (κ2) is 8.00. The lowest BCUT2D eigenvalue weighted by Gasteiger charge is -2.10. The molecule has 9 heteroatoms. The summed E-state index contributed by atoms with van der Waals surface area (Å²) in [4.78, 5) is 25.2. The average molecular weight is 385 g/mol. The summed E-state index contributed by atoms with van der Waals surface area (Å²) in [7, 11) is 3.14. The maximum Gasteiger partial charge on any atom is 0.289 e. The number of amides is 1. The van der Waals surface area contributed by atoms with Gasteiger partial charge in [-0.05, 0) is 32.0 Å². The first kappa shape index (κ1) is 18.6. The van der Waals surface area contributed by atoms with Crippen LogP contribution in [0.1, 0.15) is 21.9 Å². The lowest BCUT2D eigenvalue weighted by molar-refractivity contribution is 0.0958. The fraction of sp³-hybridized carbons (Fsp3) is 0.222. The minimum Gasteiger partial charge on any atom is -0.493 e. The number of anilines is 1. The largest absolute Gasteiger partial charge is 0.493 e. The van der Waals surface area contributed by atoms with E-state index in [-0.39, 0.29) is 11.6 Å². The zero-order valence-corrected chi connectivity index (χ0v) is 16.2. The molecule has 2 heterocycles. The Morgan fingerprint density at radius 2 is 1.81 bits per heavy atom. The van der Waals surface area contributed by atoms with Crippen LogP contribution in [-0.2, 0) is 0 Å². The number of aromatic nitrogens is 3. The molecule has 0 spiro atoms. The van der Waals surface area contributed by atoms with Gasteiger partial charge in [-0.2, -0.15) is 0 Å². The summed E-state index contributed by atoms with van der Waals surface area (Å²) in [6.07, 6.45) is 0. The van der Waals surface area contributed by atoms with Crippen molar-refractivity contribution in [2.45, 2.75) is 13.8 Å². The van der Waals surface area contributed by atoms with Crippen molar-refractivity contribution in [3.05, 3.63) is 46.7 Å². The molecule has 2 aromatic heterocycles. The van der Waals surface area contributed by atoms with Gasteiger partial charge in [0.05, 0.1) is 19.8 Å². The second-order valence-corrected chi connectivity index (χ2v) is 6.49. The molecule has 8 nitrogen and oxygen atoms in total. The molecule has 0 saturated carbocycles. The molecule has 0 unspecified atom stereocenters. The molecule has 0 aliphatic heterocycles. The average Bonchev–Trinajstić information content (AvgIpc) is 3.14. The Morgan fingerprint density at radius 3 is 2.48 bits per heavy atom. The molecule has 0 bridgehead atoms. The summed E-state index contributed by atoms with van der Waals surface area (Å²) in [5.74, 6) is 1.11. The normalized spacial score (nSPS) is 10.4. The van der Waals surface area contributed by atoms with E-state index >= 15 is 0 Å². The van der Waals surface area contributed by atoms with E-state index in [2.05, 4.69) is 25.8 Å². The third-order valence-corrected chi connectivity index (χ3v) is 4.52. The highest BCUT2D eigenvalue weighted by Gasteiger charge is 2.17. The van der Waals surface area contributed by atoms with E-state index in [0.29, 0.717) is 22.5 Å². The number of ether oxygens (including phenoxy) is 2. The number of hydrazine groups is 1. The van der Waals surface area contributed by atoms with Gasteiger partial charge in [0.1, 0.15) is 10.7 Å². The predicted octanol–water partition coefficient (Wildman–Crippen LogP) is 2.99. The summed E-state index contributed by atoms with van der Waals surface area (Å²) in [5, 5.41) is 2.33. The fourth-order valence-corrected chi connectivity index (χ4v) is 3.34. The Morgan fingerprint density at radius 1 is 1.07 bits per heavy atom. The molecule has 0 fully saturated rings. The molecule has 140 valence electrons. The Labute approximate surface area is 160 Å². The molecule has 3 rings (SSSR count). The van der Waals surface area contributed by atoms with E-state index in [0.717, 1.165) is 17.0 Å². The number of carbonyl (C=O) groups excluding carboxylic acids is 1. The Kier molecular flexibility index (Phi) is 5.51. The second-order valence-electron chi connectivity index (χ2n) is 5.63. The molecular weight excluding hydrogens is 366 g/mol. The molecule has 27 heavy (non-hydrogen) atoms. The summed E-state index contributed by atoms with van der Waals surface area (Å²) in [6, 6.07) is 7.36. The maximum atomic E-state index is 12.4. The fourth-order valence-electron chi connectivity index (χ4n) is 2.52. The minimum absolute atomic E-state index is 0.275. The lowest BCUT2D eigenvalue weighted by atomic mass is 10.2. The van der Waals surface area contributed by atoms with Crippen molar-refractivity contribution in [3.8, 4) is 22.1 Å². The summed E-state index contributed by atoms with van der Waals surface area (Å²) in [5.41, 5.74) is 7.91. The van der Waals surface area contributed by atoms with Crippen LogP contribution in [0.3, 0.4) is 0 Å². The predicted molar refractivity (Wildman–Crippen MR) is 103 cm³/mol. The van der Waals surface area contributed by atoms with Crippen LogP contribution >= 0.6 is 11.3 Å². The number of hydrogen-bond acceptors (Lipinski definition) is 8. The van der Waals surface area contributed by atoms with Gasteiger partial charge in [-0.1, -0.05) is 6.07 Å². The molecule has 1 amide bonds. The number of nitrogens with one attached hydrogen (secondary N) is 2. The van der Waals surface area contributed by atoms with E-state index in [1.165, 1.54) is 11.3 Å². The number of benzene rings is 1. The number of para-hydroxylation sites is 1. The number of carbonyl (C=O) groups is 1. The molecular formula is C18H19N5O3S. The quantitative estimate of drug-likeness (QED) is 0.629. The molecule has 0 saturated heterocycles. The van der Waals surface area contributed by atoms with E-state index in [9.17, 15) is 4.79 Å². The van der Waals surface area contributed by atoms with Crippen LogP contribution in [0.25, 0.3) is 10.6 Å². The van der Waals surface area contributed by atoms with E-state index < -0.39 is 0 Å². The highest BCUT2D eigenvalue weighted by molar-refractivity contribution is 7.13. The van der Waals surface area contributed by atoms with Crippen molar-refractivity contribution in [1.29, 1.82) is 0 Å². The number of thiazole rings is 1. The minimum atomic E-state index is -0.387. The van der Waals surface area contributed by atoms with Gasteiger partial charge in [-0.25, -0.2) is 15.0 Å². The Hall–Kier alpha value is -3.20. The van der Waals surface area contributed by atoms with Crippen LogP contribution in [0.15, 0.2) is 29.6 Å². The molecule has 1 aromatic carbocycles. The topological polar surface area (TPSA) is 98.3 Å². The van der Waals surface area contributed by atoms with Crippen LogP contribution < -0.4 is 20.3 Å². The first-order valence-corrected chi connectivity index (χ1v) is 8.95. The van der Waals surface area contributed by atoms with Crippen molar-refractivity contribution >= 4 is 23.2 Å². The van der Waals surface area contributed by atoms with Crippen LogP contribution in [0.2, 0.25) is 0 Å². The van der Waals surface area contributed by atoms with Gasteiger partial charge in [0.25, 0.3) is 5.91 Å². The molecule has 2 N–H and O–H groups in total. The SMILES string of the molecule is COc1cccc(-c2nc(C(=O)NNc3nc(C)cc(C)n3)cs2)c1OC. The lowest BCUT2D eigenvalue weighted by Crippen LogP contribution is -2.30. The van der Waals surface area contributed by atoms with Gasteiger partial charge in [0, 0.05) is 16.8 Å². The number of methoxy groups -OCH3 is 2. The van der Waals surface area contributed by atoms with Crippen LogP contribution in [0.5, 0.6) is 11.5 Å².